The Hall–Kier alpha value is -1.10. The quantitative estimate of drug-likeness (QED) is 0.397. The molecule has 4 heteroatoms. The van der Waals surface area contributed by atoms with Crippen LogP contribution >= 0.6 is 0 Å². The zero-order valence-electron chi connectivity index (χ0n) is 9.70. The largest absolute Gasteiger partial charge is 0.461 e. The molecule has 1 N–H and O–H groups in total. The van der Waals surface area contributed by atoms with E-state index in [0.717, 1.165) is 18.1 Å². The number of ether oxygens (including phenoxy) is 2. The van der Waals surface area contributed by atoms with E-state index < -0.39 is 0 Å². The molecule has 1 rings (SSSR count). The first-order valence-electron chi connectivity index (χ1n) is 5.41. The minimum absolute atomic E-state index is 0.471. The van der Waals surface area contributed by atoms with Crippen LogP contribution in [0.15, 0.2) is 29.2 Å². The summed E-state index contributed by atoms with van der Waals surface area (Å²) in [5.41, 5.74) is 0. The van der Waals surface area contributed by atoms with Crippen LogP contribution in [0.1, 0.15) is 18.4 Å². The van der Waals surface area contributed by atoms with Crippen LogP contribution < -0.4 is 5.32 Å². The van der Waals surface area contributed by atoms with Crippen molar-refractivity contribution in [3.63, 3.8) is 0 Å². The summed E-state index contributed by atoms with van der Waals surface area (Å²) in [6, 6.07) is 3.80. The molecule has 90 valence electrons. The van der Waals surface area contributed by atoms with Gasteiger partial charge in [-0.15, -0.1) is 6.58 Å². The van der Waals surface area contributed by atoms with Crippen molar-refractivity contribution in [2.24, 2.45) is 0 Å². The average molecular weight is 225 g/mol. The van der Waals surface area contributed by atoms with Crippen LogP contribution in [-0.4, -0.2) is 19.9 Å². The summed E-state index contributed by atoms with van der Waals surface area (Å²) in [6.07, 6.45) is 1.71. The molecule has 0 bridgehead atoms. The SMILES string of the molecule is C=CCOCc1ccc(COCNCC)o1. The van der Waals surface area contributed by atoms with Crippen LogP contribution in [0.25, 0.3) is 0 Å². The van der Waals surface area contributed by atoms with E-state index in [0.29, 0.717) is 26.6 Å². The van der Waals surface area contributed by atoms with Crippen molar-refractivity contribution in [2.75, 3.05) is 19.9 Å². The second kappa shape index (κ2) is 8.10. The Morgan fingerprint density at radius 2 is 2.00 bits per heavy atom. The van der Waals surface area contributed by atoms with E-state index >= 15 is 0 Å². The van der Waals surface area contributed by atoms with Crippen LogP contribution in [0.4, 0.5) is 0 Å². The maximum absolute atomic E-state index is 5.50. The molecule has 0 aliphatic heterocycles. The van der Waals surface area contributed by atoms with Crippen molar-refractivity contribution in [3.05, 3.63) is 36.3 Å². The zero-order chi connectivity index (χ0) is 11.6. The summed E-state index contributed by atoms with van der Waals surface area (Å²) in [6.45, 7) is 8.54. The predicted molar refractivity (Wildman–Crippen MR) is 61.9 cm³/mol. The second-order valence-corrected chi connectivity index (χ2v) is 3.27. The average Bonchev–Trinajstić information content (AvgIpc) is 2.73. The van der Waals surface area contributed by atoms with E-state index in [1.165, 1.54) is 0 Å². The van der Waals surface area contributed by atoms with Gasteiger partial charge in [0.2, 0.25) is 0 Å². The third-order valence-electron chi connectivity index (χ3n) is 1.90. The van der Waals surface area contributed by atoms with E-state index in [-0.39, 0.29) is 0 Å². The molecule has 0 aliphatic carbocycles. The lowest BCUT2D eigenvalue weighted by atomic mass is 10.4. The fourth-order valence-electron chi connectivity index (χ4n) is 1.15. The van der Waals surface area contributed by atoms with Gasteiger partial charge in [-0.25, -0.2) is 0 Å². The fourth-order valence-corrected chi connectivity index (χ4v) is 1.15. The van der Waals surface area contributed by atoms with E-state index in [9.17, 15) is 0 Å². The maximum Gasteiger partial charge on any atom is 0.130 e. The van der Waals surface area contributed by atoms with Gasteiger partial charge in [0.25, 0.3) is 0 Å². The van der Waals surface area contributed by atoms with Gasteiger partial charge in [-0.2, -0.15) is 0 Å². The Kier molecular flexibility index (Phi) is 6.56. The van der Waals surface area contributed by atoms with Crippen molar-refractivity contribution < 1.29 is 13.9 Å². The van der Waals surface area contributed by atoms with E-state index in [1.807, 2.05) is 19.1 Å². The van der Waals surface area contributed by atoms with E-state index in [4.69, 9.17) is 13.9 Å². The second-order valence-electron chi connectivity index (χ2n) is 3.27. The van der Waals surface area contributed by atoms with E-state index in [1.54, 1.807) is 6.08 Å². The van der Waals surface area contributed by atoms with Crippen LogP contribution in [0, 0.1) is 0 Å². The lowest BCUT2D eigenvalue weighted by molar-refractivity contribution is 0.0856. The van der Waals surface area contributed by atoms with Gasteiger partial charge in [0.15, 0.2) is 0 Å². The molecule has 0 fully saturated rings. The molecule has 16 heavy (non-hydrogen) atoms. The molecule has 0 spiro atoms. The lowest BCUT2D eigenvalue weighted by Crippen LogP contribution is -2.16. The van der Waals surface area contributed by atoms with Gasteiger partial charge in [-0.3, -0.25) is 5.32 Å². The summed E-state index contributed by atoms with van der Waals surface area (Å²) < 4.78 is 16.1. The molecule has 0 saturated carbocycles. The van der Waals surface area contributed by atoms with Gasteiger partial charge in [0.05, 0.1) is 13.3 Å². The molecule has 0 aliphatic rings. The standard InChI is InChI=1S/C12H19NO3/c1-3-7-14-8-11-5-6-12(16-11)9-15-10-13-4-2/h3,5-6,13H,1,4,7-10H2,2H3. The van der Waals surface area contributed by atoms with Gasteiger partial charge in [0, 0.05) is 0 Å². The molecule has 1 heterocycles. The maximum atomic E-state index is 5.50. The molecular formula is C12H19NO3. The number of rotatable bonds is 9. The number of nitrogens with one attached hydrogen (secondary N) is 1. The van der Waals surface area contributed by atoms with E-state index in [2.05, 4.69) is 11.9 Å². The van der Waals surface area contributed by atoms with Crippen LogP contribution in [0.2, 0.25) is 0 Å². The molecule has 0 saturated heterocycles. The Morgan fingerprint density at radius 3 is 2.62 bits per heavy atom. The summed E-state index contributed by atoms with van der Waals surface area (Å²) in [4.78, 5) is 0. The number of furan rings is 1. The molecule has 0 amide bonds. The molecule has 1 aromatic rings. The highest BCUT2D eigenvalue weighted by Crippen LogP contribution is 2.09. The molecule has 1 aromatic heterocycles. The highest BCUT2D eigenvalue weighted by Gasteiger charge is 2.01. The molecule has 4 nitrogen and oxygen atoms in total. The normalized spacial score (nSPS) is 10.6. The van der Waals surface area contributed by atoms with Crippen molar-refractivity contribution in [2.45, 2.75) is 20.1 Å². The Bertz CT molecular complexity index is 296. The Balaban J connectivity index is 2.20. The van der Waals surface area contributed by atoms with Crippen LogP contribution in [0.5, 0.6) is 0 Å². The minimum atomic E-state index is 0.471. The third-order valence-corrected chi connectivity index (χ3v) is 1.90. The summed E-state index contributed by atoms with van der Waals surface area (Å²) in [5.74, 6) is 1.62. The van der Waals surface area contributed by atoms with Gasteiger partial charge < -0.3 is 13.9 Å². The molecular weight excluding hydrogens is 206 g/mol. The highest BCUT2D eigenvalue weighted by molar-refractivity contribution is 5.05. The summed E-state index contributed by atoms with van der Waals surface area (Å²) >= 11 is 0. The predicted octanol–water partition coefficient (Wildman–Crippen LogP) is 2.07. The van der Waals surface area contributed by atoms with Gasteiger partial charge in [-0.05, 0) is 18.7 Å². The van der Waals surface area contributed by atoms with Crippen molar-refractivity contribution in [1.82, 2.24) is 5.32 Å². The van der Waals surface area contributed by atoms with Gasteiger partial charge in [-0.1, -0.05) is 13.0 Å². The van der Waals surface area contributed by atoms with Crippen LogP contribution in [-0.2, 0) is 22.7 Å². The minimum Gasteiger partial charge on any atom is -0.461 e. The lowest BCUT2D eigenvalue weighted by Gasteiger charge is -2.02. The zero-order valence-corrected chi connectivity index (χ0v) is 9.70. The summed E-state index contributed by atoms with van der Waals surface area (Å²) in [7, 11) is 0. The smallest absolute Gasteiger partial charge is 0.130 e. The third kappa shape index (κ3) is 5.11. The number of hydrogen-bond donors (Lipinski definition) is 1. The van der Waals surface area contributed by atoms with Crippen molar-refractivity contribution >= 4 is 0 Å². The number of hydrogen-bond acceptors (Lipinski definition) is 4. The highest BCUT2D eigenvalue weighted by atomic mass is 16.5. The Labute approximate surface area is 96.2 Å². The molecule has 0 radical (unpaired) electrons. The fraction of sp³-hybridized carbons (Fsp3) is 0.500. The monoisotopic (exact) mass is 225 g/mol. The summed E-state index contributed by atoms with van der Waals surface area (Å²) in [5, 5.41) is 3.07. The first-order valence-corrected chi connectivity index (χ1v) is 5.41. The van der Waals surface area contributed by atoms with Gasteiger partial charge >= 0.3 is 0 Å². The topological polar surface area (TPSA) is 43.6 Å². The van der Waals surface area contributed by atoms with Gasteiger partial charge in [0.1, 0.15) is 24.7 Å². The first-order chi connectivity index (χ1) is 7.86. The first kappa shape index (κ1) is 13.0. The Morgan fingerprint density at radius 1 is 1.31 bits per heavy atom. The molecule has 0 aromatic carbocycles. The molecule has 0 unspecified atom stereocenters. The van der Waals surface area contributed by atoms with Crippen molar-refractivity contribution in [3.8, 4) is 0 Å². The van der Waals surface area contributed by atoms with Crippen LogP contribution in [0.3, 0.4) is 0 Å². The molecule has 0 atom stereocenters. The van der Waals surface area contributed by atoms with Crippen molar-refractivity contribution in [1.29, 1.82) is 0 Å².